The van der Waals surface area contributed by atoms with Gasteiger partial charge in [-0.2, -0.15) is 0 Å². The van der Waals surface area contributed by atoms with Crippen LogP contribution in [0.15, 0.2) is 40.8 Å². The van der Waals surface area contributed by atoms with Gasteiger partial charge in [-0.25, -0.2) is 8.42 Å². The Morgan fingerprint density at radius 1 is 0.950 bits per heavy atom. The highest BCUT2D eigenvalue weighted by Gasteiger charge is 2.24. The summed E-state index contributed by atoms with van der Waals surface area (Å²) in [6, 6.07) is 9.89. The van der Waals surface area contributed by atoms with Crippen molar-refractivity contribution >= 4 is 32.5 Å². The lowest BCUT2D eigenvalue weighted by atomic mass is 9.98. The number of rotatable bonds is 18. The first-order valence-electron chi connectivity index (χ1n) is 14.4. The van der Waals surface area contributed by atoms with Crippen LogP contribution >= 0.6 is 0 Å². The van der Waals surface area contributed by atoms with Crippen LogP contribution in [0.2, 0.25) is 0 Å². The van der Waals surface area contributed by atoms with E-state index in [1.807, 2.05) is 0 Å². The smallest absolute Gasteiger partial charge is 0.229 e. The van der Waals surface area contributed by atoms with Crippen LogP contribution in [0.25, 0.3) is 11.0 Å². The van der Waals surface area contributed by atoms with Crippen molar-refractivity contribution in [3.8, 4) is 11.5 Å². The Hall–Kier alpha value is -3.04. The summed E-state index contributed by atoms with van der Waals surface area (Å²) in [6.45, 7) is 10.4. The van der Waals surface area contributed by atoms with Crippen molar-refractivity contribution in [3.05, 3.63) is 53.3 Å². The second-order valence-corrected chi connectivity index (χ2v) is 12.1. The van der Waals surface area contributed by atoms with Crippen molar-refractivity contribution in [2.24, 2.45) is 0 Å². The number of aromatic hydroxyl groups is 1. The van der Waals surface area contributed by atoms with Crippen molar-refractivity contribution in [3.63, 3.8) is 0 Å². The van der Waals surface area contributed by atoms with Crippen LogP contribution in [0, 0.1) is 0 Å². The van der Waals surface area contributed by atoms with E-state index in [0.717, 1.165) is 45.2 Å². The number of nitrogens with zero attached hydrogens (tertiary/aromatic N) is 1. The number of fused-ring (bicyclic) bond motifs is 1. The van der Waals surface area contributed by atoms with Crippen molar-refractivity contribution in [1.82, 2.24) is 4.90 Å². The van der Waals surface area contributed by atoms with Gasteiger partial charge in [0.2, 0.25) is 10.0 Å². The molecule has 0 unspecified atom stereocenters. The second-order valence-electron chi connectivity index (χ2n) is 10.3. The Bertz CT molecular complexity index is 1340. The van der Waals surface area contributed by atoms with E-state index in [-0.39, 0.29) is 17.2 Å². The Balaban J connectivity index is 1.75. The summed E-state index contributed by atoms with van der Waals surface area (Å²) >= 11 is 0. The molecular formula is C31H44N2O6S. The maximum atomic E-state index is 13.7. The van der Waals surface area contributed by atoms with E-state index in [0.29, 0.717) is 46.6 Å². The van der Waals surface area contributed by atoms with Gasteiger partial charge in [0.15, 0.2) is 5.78 Å². The van der Waals surface area contributed by atoms with Crippen LogP contribution in [0.1, 0.15) is 87.4 Å². The molecule has 0 saturated heterocycles. The SMILES string of the molecule is CCCCc1oc2cc(O)c(NS(C)(=O)=O)cc2c1C(=O)c1ccc(OCCCN(CCCC)CCCC)cc1. The molecule has 40 heavy (non-hydrogen) atoms. The maximum Gasteiger partial charge on any atom is 0.229 e. The minimum Gasteiger partial charge on any atom is -0.506 e. The lowest BCUT2D eigenvalue weighted by molar-refractivity contribution is 0.103. The quantitative estimate of drug-likeness (QED) is 0.0985. The lowest BCUT2D eigenvalue weighted by Gasteiger charge is -2.21. The Morgan fingerprint density at radius 2 is 1.57 bits per heavy atom. The van der Waals surface area contributed by atoms with Crippen LogP contribution in [0.5, 0.6) is 11.5 Å². The van der Waals surface area contributed by atoms with Gasteiger partial charge >= 0.3 is 0 Å². The summed E-state index contributed by atoms with van der Waals surface area (Å²) in [7, 11) is -3.63. The van der Waals surface area contributed by atoms with Crippen molar-refractivity contribution in [2.75, 3.05) is 37.2 Å². The molecule has 2 N–H and O–H groups in total. The first-order valence-corrected chi connectivity index (χ1v) is 16.3. The fraction of sp³-hybridized carbons (Fsp3) is 0.516. The third-order valence-corrected chi connectivity index (χ3v) is 7.41. The third kappa shape index (κ3) is 8.99. The molecule has 0 fully saturated rings. The fourth-order valence-electron chi connectivity index (χ4n) is 4.65. The molecule has 0 aliphatic rings. The van der Waals surface area contributed by atoms with Crippen molar-refractivity contribution in [2.45, 2.75) is 72.1 Å². The molecule has 1 aromatic heterocycles. The highest BCUT2D eigenvalue weighted by atomic mass is 32.2. The summed E-state index contributed by atoms with van der Waals surface area (Å²) in [4.78, 5) is 16.2. The summed E-state index contributed by atoms with van der Waals surface area (Å²) in [5.41, 5.74) is 1.19. The molecule has 0 aliphatic heterocycles. The normalized spacial score (nSPS) is 11.8. The lowest BCUT2D eigenvalue weighted by Crippen LogP contribution is -2.28. The highest BCUT2D eigenvalue weighted by Crippen LogP contribution is 2.36. The van der Waals surface area contributed by atoms with E-state index in [2.05, 4.69) is 30.4 Å². The van der Waals surface area contributed by atoms with Crippen molar-refractivity contribution < 1.29 is 27.5 Å². The average Bonchev–Trinajstić information content (AvgIpc) is 3.26. The number of carbonyl (C=O) groups is 1. The van der Waals surface area contributed by atoms with Gasteiger partial charge in [0.1, 0.15) is 22.8 Å². The predicted molar refractivity (Wildman–Crippen MR) is 161 cm³/mol. The number of anilines is 1. The zero-order valence-corrected chi connectivity index (χ0v) is 25.1. The fourth-order valence-corrected chi connectivity index (χ4v) is 5.21. The number of nitrogens with one attached hydrogen (secondary N) is 1. The van der Waals surface area contributed by atoms with Crippen LogP contribution in [-0.2, 0) is 16.4 Å². The number of carbonyl (C=O) groups excluding carboxylic acids is 1. The Kier molecular flexibility index (Phi) is 11.9. The third-order valence-electron chi connectivity index (χ3n) is 6.82. The molecule has 0 spiro atoms. The summed E-state index contributed by atoms with van der Waals surface area (Å²) in [5.74, 6) is 0.731. The van der Waals surface area contributed by atoms with E-state index in [1.54, 1.807) is 24.3 Å². The average molecular weight is 573 g/mol. The topological polar surface area (TPSA) is 109 Å². The number of hydrogen-bond donors (Lipinski definition) is 2. The summed E-state index contributed by atoms with van der Waals surface area (Å²) < 4.78 is 37.8. The van der Waals surface area contributed by atoms with E-state index >= 15 is 0 Å². The van der Waals surface area contributed by atoms with E-state index in [4.69, 9.17) is 9.15 Å². The molecule has 0 bridgehead atoms. The van der Waals surface area contributed by atoms with Gasteiger partial charge in [-0.15, -0.1) is 0 Å². The number of ketones is 1. The molecule has 8 nitrogen and oxygen atoms in total. The molecule has 3 rings (SSSR count). The van der Waals surface area contributed by atoms with Crippen LogP contribution in [0.4, 0.5) is 5.69 Å². The van der Waals surface area contributed by atoms with Gasteiger partial charge < -0.3 is 19.2 Å². The van der Waals surface area contributed by atoms with Gasteiger partial charge in [0.25, 0.3) is 0 Å². The van der Waals surface area contributed by atoms with Gasteiger partial charge in [-0.1, -0.05) is 40.0 Å². The number of furan rings is 1. The van der Waals surface area contributed by atoms with Crippen LogP contribution < -0.4 is 9.46 Å². The standard InChI is InChI=1S/C31H44N2O6S/c1-5-8-12-28-30(25-21-26(32-40(4,36)37)27(34)22-29(25)39-28)31(35)23-13-15-24(16-14-23)38-20-11-19-33(17-9-6-2)18-10-7-3/h13-16,21-22,32,34H,5-12,17-20H2,1-4H3. The van der Waals surface area contributed by atoms with Gasteiger partial charge in [0, 0.05) is 30.0 Å². The number of aryl methyl sites for hydroxylation is 1. The molecule has 0 radical (unpaired) electrons. The molecule has 0 saturated carbocycles. The molecule has 1 heterocycles. The van der Waals surface area contributed by atoms with Crippen LogP contribution in [0.3, 0.4) is 0 Å². The molecule has 9 heteroatoms. The molecule has 2 aromatic carbocycles. The minimum absolute atomic E-state index is 0.00130. The van der Waals surface area contributed by atoms with E-state index in [9.17, 15) is 18.3 Å². The number of phenolic OH excluding ortho intramolecular Hbond substituents is 1. The Morgan fingerprint density at radius 3 is 2.17 bits per heavy atom. The monoisotopic (exact) mass is 572 g/mol. The van der Waals surface area contributed by atoms with Crippen molar-refractivity contribution in [1.29, 1.82) is 0 Å². The van der Waals surface area contributed by atoms with E-state index in [1.165, 1.54) is 37.8 Å². The summed E-state index contributed by atoms with van der Waals surface area (Å²) in [5, 5.41) is 10.8. The molecule has 0 amide bonds. The number of benzene rings is 2. The largest absolute Gasteiger partial charge is 0.506 e. The van der Waals surface area contributed by atoms with E-state index < -0.39 is 10.0 Å². The molecule has 220 valence electrons. The summed E-state index contributed by atoms with van der Waals surface area (Å²) in [6.07, 6.45) is 9.04. The number of phenols is 1. The molecule has 0 atom stereocenters. The molecule has 0 aliphatic carbocycles. The number of hydrogen-bond acceptors (Lipinski definition) is 7. The number of sulfonamides is 1. The zero-order chi connectivity index (χ0) is 29.1. The first kappa shape index (κ1) is 31.5. The first-order chi connectivity index (χ1) is 19.2. The van der Waals surface area contributed by atoms with Gasteiger partial charge in [-0.3, -0.25) is 9.52 Å². The molecular weight excluding hydrogens is 528 g/mol. The Labute approximate surface area is 238 Å². The zero-order valence-electron chi connectivity index (χ0n) is 24.3. The second kappa shape index (κ2) is 15.1. The number of unbranched alkanes of at least 4 members (excludes halogenated alkanes) is 3. The predicted octanol–water partition coefficient (Wildman–Crippen LogP) is 6.75. The van der Waals surface area contributed by atoms with Gasteiger partial charge in [0.05, 0.1) is 24.1 Å². The number of ether oxygens (including phenoxy) is 1. The van der Waals surface area contributed by atoms with Gasteiger partial charge in [-0.05, 0) is 69.1 Å². The molecule has 3 aromatic rings. The van der Waals surface area contributed by atoms with Crippen LogP contribution in [-0.4, -0.2) is 56.7 Å². The maximum absolute atomic E-state index is 13.7. The highest BCUT2D eigenvalue weighted by molar-refractivity contribution is 7.92. The minimum atomic E-state index is -3.63.